The van der Waals surface area contributed by atoms with Gasteiger partial charge in [0.05, 0.1) is 0 Å². The van der Waals surface area contributed by atoms with E-state index in [1.165, 1.54) is 32.1 Å². The predicted octanol–water partition coefficient (Wildman–Crippen LogP) is 2.49. The molecule has 0 aromatic carbocycles. The molecule has 0 amide bonds. The van der Waals surface area contributed by atoms with Crippen molar-refractivity contribution in [1.82, 2.24) is 5.32 Å². The maximum absolute atomic E-state index is 9.49. The highest BCUT2D eigenvalue weighted by atomic mass is 16.3. The van der Waals surface area contributed by atoms with Gasteiger partial charge in [-0.25, -0.2) is 0 Å². The maximum atomic E-state index is 9.49. The first-order valence-corrected chi connectivity index (χ1v) is 6.26. The summed E-state index contributed by atoms with van der Waals surface area (Å²) in [6.45, 7) is 4.42. The molecule has 0 spiro atoms. The summed E-state index contributed by atoms with van der Waals surface area (Å²) >= 11 is 0. The van der Waals surface area contributed by atoms with Gasteiger partial charge in [-0.1, -0.05) is 31.4 Å². The third-order valence-corrected chi connectivity index (χ3v) is 3.47. The second kappa shape index (κ2) is 7.02. The van der Waals surface area contributed by atoms with Gasteiger partial charge in [0, 0.05) is 18.6 Å². The molecular formula is C13H25NO. The Balaban J connectivity index is 2.20. The van der Waals surface area contributed by atoms with E-state index in [1.807, 2.05) is 0 Å². The van der Waals surface area contributed by atoms with Crippen LogP contribution in [0.3, 0.4) is 0 Å². The summed E-state index contributed by atoms with van der Waals surface area (Å²) in [4.78, 5) is 0. The summed E-state index contributed by atoms with van der Waals surface area (Å²) in [5, 5.41) is 13.0. The van der Waals surface area contributed by atoms with Crippen LogP contribution in [0.25, 0.3) is 0 Å². The highest BCUT2D eigenvalue weighted by molar-refractivity contribution is 4.85. The number of hydrogen-bond donors (Lipinski definition) is 2. The summed E-state index contributed by atoms with van der Waals surface area (Å²) in [6, 6.07) is 0. The van der Waals surface area contributed by atoms with Crippen molar-refractivity contribution in [2.24, 2.45) is 5.41 Å². The lowest BCUT2D eigenvalue weighted by Gasteiger charge is -2.35. The molecule has 0 saturated heterocycles. The van der Waals surface area contributed by atoms with E-state index in [9.17, 15) is 5.11 Å². The normalized spacial score (nSPS) is 20.9. The Labute approximate surface area is 93.8 Å². The zero-order valence-corrected chi connectivity index (χ0v) is 9.97. The molecule has 1 aliphatic rings. The van der Waals surface area contributed by atoms with Gasteiger partial charge in [0.2, 0.25) is 0 Å². The van der Waals surface area contributed by atoms with Crippen molar-refractivity contribution in [3.63, 3.8) is 0 Å². The Bertz CT molecular complexity index is 183. The largest absolute Gasteiger partial charge is 0.396 e. The standard InChI is InChI=1S/C13H25NO/c1-2-3-7-10-14-11-13(12-15)8-5-4-6-9-13/h2-3,14-15H,4-12H2,1H3/b3-2+. The van der Waals surface area contributed by atoms with Crippen LogP contribution < -0.4 is 5.32 Å². The maximum Gasteiger partial charge on any atom is 0.0499 e. The van der Waals surface area contributed by atoms with Gasteiger partial charge in [-0.05, 0) is 32.7 Å². The Morgan fingerprint density at radius 2 is 2.00 bits per heavy atom. The monoisotopic (exact) mass is 211 g/mol. The summed E-state index contributed by atoms with van der Waals surface area (Å²) in [5.74, 6) is 0. The van der Waals surface area contributed by atoms with Crippen LogP contribution in [0.1, 0.15) is 45.4 Å². The van der Waals surface area contributed by atoms with E-state index in [0.717, 1.165) is 19.5 Å². The van der Waals surface area contributed by atoms with Gasteiger partial charge < -0.3 is 10.4 Å². The molecule has 0 unspecified atom stereocenters. The summed E-state index contributed by atoms with van der Waals surface area (Å²) < 4.78 is 0. The molecule has 2 N–H and O–H groups in total. The smallest absolute Gasteiger partial charge is 0.0499 e. The van der Waals surface area contributed by atoms with Crippen molar-refractivity contribution in [1.29, 1.82) is 0 Å². The van der Waals surface area contributed by atoms with Gasteiger partial charge in [0.25, 0.3) is 0 Å². The fraction of sp³-hybridized carbons (Fsp3) is 0.846. The minimum Gasteiger partial charge on any atom is -0.396 e. The lowest BCUT2D eigenvalue weighted by Crippen LogP contribution is -2.39. The molecule has 0 aromatic heterocycles. The molecule has 15 heavy (non-hydrogen) atoms. The molecule has 2 nitrogen and oxygen atoms in total. The van der Waals surface area contributed by atoms with Crippen LogP contribution >= 0.6 is 0 Å². The average Bonchev–Trinajstić information content (AvgIpc) is 2.30. The molecule has 0 atom stereocenters. The topological polar surface area (TPSA) is 32.3 Å². The molecule has 1 rings (SSSR count). The van der Waals surface area contributed by atoms with Crippen LogP contribution in [0, 0.1) is 5.41 Å². The zero-order chi connectivity index (χ0) is 11.0. The summed E-state index contributed by atoms with van der Waals surface area (Å²) in [6.07, 6.45) is 11.7. The predicted molar refractivity (Wildman–Crippen MR) is 64.9 cm³/mol. The minimum absolute atomic E-state index is 0.189. The van der Waals surface area contributed by atoms with Crippen molar-refractivity contribution >= 4 is 0 Å². The molecule has 0 aromatic rings. The van der Waals surface area contributed by atoms with Gasteiger partial charge in [-0.15, -0.1) is 0 Å². The Kier molecular flexibility index (Phi) is 5.96. The van der Waals surface area contributed by atoms with Crippen molar-refractivity contribution in [2.75, 3.05) is 19.7 Å². The van der Waals surface area contributed by atoms with E-state index in [-0.39, 0.29) is 5.41 Å². The number of nitrogens with one attached hydrogen (secondary N) is 1. The van der Waals surface area contributed by atoms with Crippen LogP contribution in [0.15, 0.2) is 12.2 Å². The van der Waals surface area contributed by atoms with Gasteiger partial charge in [0.1, 0.15) is 0 Å². The fourth-order valence-electron chi connectivity index (χ4n) is 2.40. The summed E-state index contributed by atoms with van der Waals surface area (Å²) in [7, 11) is 0. The van der Waals surface area contributed by atoms with Gasteiger partial charge in [-0.3, -0.25) is 0 Å². The van der Waals surface area contributed by atoms with Crippen LogP contribution in [-0.4, -0.2) is 24.8 Å². The van der Waals surface area contributed by atoms with Gasteiger partial charge >= 0.3 is 0 Å². The third-order valence-electron chi connectivity index (χ3n) is 3.47. The third kappa shape index (κ3) is 4.35. The lowest BCUT2D eigenvalue weighted by molar-refractivity contribution is 0.0817. The van der Waals surface area contributed by atoms with E-state index in [4.69, 9.17) is 0 Å². The van der Waals surface area contributed by atoms with Crippen LogP contribution in [0.4, 0.5) is 0 Å². The number of allylic oxidation sites excluding steroid dienone is 1. The van der Waals surface area contributed by atoms with E-state index in [2.05, 4.69) is 24.4 Å². The van der Waals surface area contributed by atoms with Crippen LogP contribution in [-0.2, 0) is 0 Å². The van der Waals surface area contributed by atoms with Crippen molar-refractivity contribution in [2.45, 2.75) is 45.4 Å². The molecule has 88 valence electrons. The summed E-state index contributed by atoms with van der Waals surface area (Å²) in [5.41, 5.74) is 0.189. The number of hydrogen-bond acceptors (Lipinski definition) is 2. The molecule has 0 heterocycles. The molecule has 2 heteroatoms. The highest BCUT2D eigenvalue weighted by Gasteiger charge is 2.30. The van der Waals surface area contributed by atoms with Crippen LogP contribution in [0.2, 0.25) is 0 Å². The van der Waals surface area contributed by atoms with Gasteiger partial charge in [-0.2, -0.15) is 0 Å². The highest BCUT2D eigenvalue weighted by Crippen LogP contribution is 2.35. The molecular weight excluding hydrogens is 186 g/mol. The molecule has 0 radical (unpaired) electrons. The van der Waals surface area contributed by atoms with Crippen LogP contribution in [0.5, 0.6) is 0 Å². The van der Waals surface area contributed by atoms with E-state index in [0.29, 0.717) is 6.61 Å². The lowest BCUT2D eigenvalue weighted by atomic mass is 9.74. The second-order valence-corrected chi connectivity index (χ2v) is 4.75. The number of aliphatic hydroxyl groups excluding tert-OH is 1. The molecule has 0 aliphatic heterocycles. The number of rotatable bonds is 6. The minimum atomic E-state index is 0.189. The Morgan fingerprint density at radius 3 is 2.60 bits per heavy atom. The molecule has 1 aliphatic carbocycles. The number of aliphatic hydroxyl groups is 1. The SMILES string of the molecule is C/C=C/CCNCC1(CO)CCCCC1. The van der Waals surface area contributed by atoms with Crippen molar-refractivity contribution < 1.29 is 5.11 Å². The second-order valence-electron chi connectivity index (χ2n) is 4.75. The fourth-order valence-corrected chi connectivity index (χ4v) is 2.40. The van der Waals surface area contributed by atoms with E-state index < -0.39 is 0 Å². The molecule has 1 fully saturated rings. The van der Waals surface area contributed by atoms with E-state index in [1.54, 1.807) is 0 Å². The van der Waals surface area contributed by atoms with Crippen molar-refractivity contribution in [3.8, 4) is 0 Å². The Morgan fingerprint density at radius 1 is 1.27 bits per heavy atom. The Hall–Kier alpha value is -0.340. The first-order chi connectivity index (χ1) is 7.33. The molecule has 0 bridgehead atoms. The average molecular weight is 211 g/mol. The van der Waals surface area contributed by atoms with E-state index >= 15 is 0 Å². The zero-order valence-electron chi connectivity index (χ0n) is 9.97. The molecule has 1 saturated carbocycles. The first-order valence-electron chi connectivity index (χ1n) is 6.26. The van der Waals surface area contributed by atoms with Gasteiger partial charge in [0.15, 0.2) is 0 Å². The first kappa shape index (κ1) is 12.7. The van der Waals surface area contributed by atoms with Crippen molar-refractivity contribution in [3.05, 3.63) is 12.2 Å². The quantitative estimate of drug-likeness (QED) is 0.522.